The lowest BCUT2D eigenvalue weighted by Gasteiger charge is -2.41. The van der Waals surface area contributed by atoms with Gasteiger partial charge >= 0.3 is 0 Å². The Balaban J connectivity index is 2.99. The summed E-state index contributed by atoms with van der Waals surface area (Å²) in [4.78, 5) is 12.5. The molecule has 0 N–H and O–H groups in total. The largest absolute Gasteiger partial charge is 0.478 e. The zero-order chi connectivity index (χ0) is 18.7. The van der Waals surface area contributed by atoms with E-state index >= 15 is 0 Å². The van der Waals surface area contributed by atoms with Crippen LogP contribution in [0.5, 0.6) is 5.75 Å². The average Bonchev–Trinajstić information content (AvgIpc) is 2.63. The number of ether oxygens (including phenoxy) is 1. The van der Waals surface area contributed by atoms with Gasteiger partial charge in [-0.15, -0.1) is 0 Å². The lowest BCUT2D eigenvalue weighted by Crippen LogP contribution is -2.36. The first kappa shape index (κ1) is 22.5. The van der Waals surface area contributed by atoms with Gasteiger partial charge in [-0.1, -0.05) is 56.8 Å². The van der Waals surface area contributed by atoms with E-state index in [1.54, 1.807) is 11.4 Å². The average molecular weight is 403 g/mol. The van der Waals surface area contributed by atoms with E-state index in [1.165, 1.54) is 0 Å². The quantitative estimate of drug-likeness (QED) is 0.267. The van der Waals surface area contributed by atoms with Gasteiger partial charge in [-0.05, 0) is 37.3 Å². The standard InChI is InChI=1S/C18H31N2O2PS2/c1-5-9-15-25-23(24,20(8-4)18(21)6-2)19(7-3)16-22-17-13-11-10-12-14-17/h10-14H,5-9,15-16H2,1-4H3. The number of unbranched alkanes of at least 4 members (excludes halogenated alkanes) is 1. The van der Waals surface area contributed by atoms with Crippen LogP contribution in [0, 0.1) is 0 Å². The summed E-state index contributed by atoms with van der Waals surface area (Å²) in [7, 11) is 0. The van der Waals surface area contributed by atoms with Gasteiger partial charge in [-0.3, -0.25) is 9.46 Å². The van der Waals surface area contributed by atoms with Crippen molar-refractivity contribution in [1.82, 2.24) is 9.34 Å². The van der Waals surface area contributed by atoms with Gasteiger partial charge in [0, 0.05) is 25.3 Å². The summed E-state index contributed by atoms with van der Waals surface area (Å²) < 4.78 is 10.0. The van der Waals surface area contributed by atoms with E-state index in [1.807, 2.05) is 48.8 Å². The molecule has 1 aromatic carbocycles. The van der Waals surface area contributed by atoms with E-state index in [9.17, 15) is 4.79 Å². The van der Waals surface area contributed by atoms with Crippen LogP contribution in [0.1, 0.15) is 47.0 Å². The highest BCUT2D eigenvalue weighted by atomic mass is 32.9. The minimum absolute atomic E-state index is 0.132. The Morgan fingerprint density at radius 1 is 1.16 bits per heavy atom. The third-order valence-corrected chi connectivity index (χ3v) is 11.9. The van der Waals surface area contributed by atoms with Crippen LogP contribution in [0.25, 0.3) is 0 Å². The Morgan fingerprint density at radius 3 is 2.36 bits per heavy atom. The normalized spacial score (nSPS) is 13.5. The molecule has 0 radical (unpaired) electrons. The first-order chi connectivity index (χ1) is 12.0. The number of hydrogen-bond donors (Lipinski definition) is 0. The molecule has 4 nitrogen and oxygen atoms in total. The molecule has 1 amide bonds. The monoisotopic (exact) mass is 402 g/mol. The summed E-state index contributed by atoms with van der Waals surface area (Å²) in [6.45, 7) is 9.99. The highest BCUT2D eigenvalue weighted by Crippen LogP contribution is 2.64. The Bertz CT molecular complexity index is 557. The molecule has 0 spiro atoms. The second-order valence-corrected chi connectivity index (χ2v) is 12.8. The molecule has 25 heavy (non-hydrogen) atoms. The van der Waals surface area contributed by atoms with Crippen molar-refractivity contribution < 1.29 is 9.53 Å². The van der Waals surface area contributed by atoms with Crippen LogP contribution in [-0.4, -0.2) is 40.8 Å². The predicted octanol–water partition coefficient (Wildman–Crippen LogP) is 5.36. The van der Waals surface area contributed by atoms with E-state index in [4.69, 9.17) is 16.5 Å². The maximum absolute atomic E-state index is 12.5. The fourth-order valence-corrected chi connectivity index (χ4v) is 9.82. The van der Waals surface area contributed by atoms with Crippen molar-refractivity contribution >= 4 is 34.6 Å². The summed E-state index contributed by atoms with van der Waals surface area (Å²) >= 11 is 7.91. The first-order valence-electron chi connectivity index (χ1n) is 9.02. The molecule has 1 rings (SSSR count). The summed E-state index contributed by atoms with van der Waals surface area (Å²) in [6, 6.07) is 9.76. The topological polar surface area (TPSA) is 32.8 Å². The minimum atomic E-state index is -2.24. The van der Waals surface area contributed by atoms with E-state index in [0.717, 1.165) is 30.9 Å². The fraction of sp³-hybridized carbons (Fsp3) is 0.611. The molecule has 1 atom stereocenters. The van der Waals surface area contributed by atoms with Crippen molar-refractivity contribution in [3.05, 3.63) is 30.3 Å². The highest BCUT2D eigenvalue weighted by molar-refractivity contribution is 8.69. The SMILES string of the molecule is CCCCSP(=S)(N(CC)COc1ccccc1)N(CC)C(=O)CC. The van der Waals surface area contributed by atoms with Crippen molar-refractivity contribution in [2.45, 2.75) is 47.0 Å². The van der Waals surface area contributed by atoms with E-state index in [0.29, 0.717) is 19.7 Å². The molecule has 142 valence electrons. The van der Waals surface area contributed by atoms with Crippen LogP contribution in [0.3, 0.4) is 0 Å². The molecule has 0 fully saturated rings. The van der Waals surface area contributed by atoms with Crippen LogP contribution >= 0.6 is 16.9 Å². The second kappa shape index (κ2) is 11.9. The molecular weight excluding hydrogens is 371 g/mol. The zero-order valence-electron chi connectivity index (χ0n) is 15.8. The van der Waals surface area contributed by atoms with Crippen LogP contribution in [0.15, 0.2) is 30.3 Å². The Kier molecular flexibility index (Phi) is 10.7. The van der Waals surface area contributed by atoms with Crippen LogP contribution in [0.4, 0.5) is 0 Å². The smallest absolute Gasteiger partial charge is 0.227 e. The second-order valence-electron chi connectivity index (χ2n) is 5.55. The maximum Gasteiger partial charge on any atom is 0.227 e. The summed E-state index contributed by atoms with van der Waals surface area (Å²) in [5, 5.41) is 0. The number of nitrogens with zero attached hydrogens (tertiary/aromatic N) is 2. The number of rotatable bonds is 12. The number of amides is 1. The lowest BCUT2D eigenvalue weighted by atomic mass is 10.3. The molecule has 0 bridgehead atoms. The highest BCUT2D eigenvalue weighted by Gasteiger charge is 2.34. The van der Waals surface area contributed by atoms with Gasteiger partial charge in [0.15, 0.2) is 5.54 Å². The zero-order valence-corrected chi connectivity index (χ0v) is 18.3. The van der Waals surface area contributed by atoms with Crippen molar-refractivity contribution in [3.8, 4) is 5.75 Å². The minimum Gasteiger partial charge on any atom is -0.478 e. The Morgan fingerprint density at radius 2 is 1.84 bits per heavy atom. The van der Waals surface area contributed by atoms with Crippen molar-refractivity contribution in [2.24, 2.45) is 0 Å². The fourth-order valence-electron chi connectivity index (χ4n) is 2.32. The number of hydrogen-bond acceptors (Lipinski definition) is 4. The molecule has 1 unspecified atom stereocenters. The van der Waals surface area contributed by atoms with Gasteiger partial charge in [0.25, 0.3) is 0 Å². The molecule has 1 aromatic rings. The van der Waals surface area contributed by atoms with Crippen molar-refractivity contribution in [3.63, 3.8) is 0 Å². The molecule has 0 aliphatic heterocycles. The third kappa shape index (κ3) is 6.59. The lowest BCUT2D eigenvalue weighted by molar-refractivity contribution is -0.126. The van der Waals surface area contributed by atoms with Crippen molar-refractivity contribution in [1.29, 1.82) is 0 Å². The molecule has 0 heterocycles. The van der Waals surface area contributed by atoms with Crippen LogP contribution < -0.4 is 4.74 Å². The Labute approximate surface area is 162 Å². The molecule has 0 aliphatic rings. The van der Waals surface area contributed by atoms with Crippen molar-refractivity contribution in [2.75, 3.05) is 25.6 Å². The van der Waals surface area contributed by atoms with Crippen LogP contribution in [-0.2, 0) is 16.6 Å². The van der Waals surface area contributed by atoms with Crippen LogP contribution in [0.2, 0.25) is 0 Å². The van der Waals surface area contributed by atoms with Gasteiger partial charge in [0.1, 0.15) is 12.5 Å². The van der Waals surface area contributed by atoms with Gasteiger partial charge in [-0.2, -0.15) is 0 Å². The van der Waals surface area contributed by atoms with Gasteiger partial charge in [-0.25, -0.2) is 4.67 Å². The molecule has 0 aliphatic carbocycles. The number of para-hydroxylation sites is 1. The van der Waals surface area contributed by atoms with Gasteiger partial charge < -0.3 is 4.74 Å². The molecule has 7 heteroatoms. The van der Waals surface area contributed by atoms with Gasteiger partial charge in [0.05, 0.1) is 0 Å². The number of carbonyl (C=O) groups excluding carboxylic acids is 1. The molecule has 0 saturated carbocycles. The number of carbonyl (C=O) groups is 1. The summed E-state index contributed by atoms with van der Waals surface area (Å²) in [6.07, 6.45) is 2.72. The van der Waals surface area contributed by atoms with E-state index in [-0.39, 0.29) is 5.91 Å². The third-order valence-electron chi connectivity index (χ3n) is 3.80. The first-order valence-corrected chi connectivity index (χ1v) is 13.3. The Hall–Kier alpha value is -0.550. The summed E-state index contributed by atoms with van der Waals surface area (Å²) in [5.41, 5.74) is -2.24. The van der Waals surface area contributed by atoms with E-state index in [2.05, 4.69) is 18.5 Å². The molecular formula is C18H31N2O2PS2. The number of benzene rings is 1. The van der Waals surface area contributed by atoms with E-state index < -0.39 is 5.54 Å². The molecule has 0 saturated heterocycles. The molecule has 0 aromatic heterocycles. The van der Waals surface area contributed by atoms with Gasteiger partial charge in [0.2, 0.25) is 5.91 Å². The maximum atomic E-state index is 12.5. The predicted molar refractivity (Wildman–Crippen MR) is 114 cm³/mol. The summed E-state index contributed by atoms with van der Waals surface area (Å²) in [5.74, 6) is 1.93.